The lowest BCUT2D eigenvalue weighted by Crippen LogP contribution is -2.26. The Balaban J connectivity index is 2.09. The average Bonchev–Trinajstić information content (AvgIpc) is 2.31. The number of carbonyl (C=O) groups is 1. The Morgan fingerprint density at radius 2 is 2.35 bits per heavy atom. The summed E-state index contributed by atoms with van der Waals surface area (Å²) in [5.41, 5.74) is 1.95. The van der Waals surface area contributed by atoms with Gasteiger partial charge in [-0.25, -0.2) is 0 Å². The highest BCUT2D eigenvalue weighted by atomic mass is 32.2. The highest BCUT2D eigenvalue weighted by molar-refractivity contribution is 8.00. The van der Waals surface area contributed by atoms with Crippen molar-refractivity contribution in [2.75, 3.05) is 22.9 Å². The third-order valence-corrected chi connectivity index (χ3v) is 4.07. The number of amides is 1. The summed E-state index contributed by atoms with van der Waals surface area (Å²) in [6, 6.07) is 6.10. The Labute approximate surface area is 111 Å². The van der Waals surface area contributed by atoms with E-state index in [1.54, 1.807) is 11.8 Å². The van der Waals surface area contributed by atoms with Crippen LogP contribution in [0.3, 0.4) is 0 Å². The molecule has 92 valence electrons. The molecular formula is C12H16N2OS2. The van der Waals surface area contributed by atoms with E-state index in [1.807, 2.05) is 13.0 Å². The van der Waals surface area contributed by atoms with Gasteiger partial charge in [-0.2, -0.15) is 12.6 Å². The number of thiol groups is 1. The lowest BCUT2D eigenvalue weighted by Gasteiger charge is -2.22. The molecule has 0 radical (unpaired) electrons. The van der Waals surface area contributed by atoms with Crippen LogP contribution in [0.1, 0.15) is 13.3 Å². The predicted molar refractivity (Wildman–Crippen MR) is 77.4 cm³/mol. The number of anilines is 2. The topological polar surface area (TPSA) is 41.1 Å². The van der Waals surface area contributed by atoms with Crippen LogP contribution in [0.5, 0.6) is 0 Å². The SMILES string of the molecule is CC1Sc2ccc(NCCCS)cc2NC1=O. The lowest BCUT2D eigenvalue weighted by atomic mass is 10.2. The second kappa shape index (κ2) is 5.69. The summed E-state index contributed by atoms with van der Waals surface area (Å²) in [4.78, 5) is 12.7. The third-order valence-electron chi connectivity index (χ3n) is 2.57. The minimum atomic E-state index is -0.00880. The Kier molecular flexibility index (Phi) is 4.23. The molecule has 0 saturated carbocycles. The van der Waals surface area contributed by atoms with Crippen molar-refractivity contribution in [2.45, 2.75) is 23.5 Å². The number of hydrogen-bond acceptors (Lipinski definition) is 4. The largest absolute Gasteiger partial charge is 0.385 e. The van der Waals surface area contributed by atoms with Gasteiger partial charge in [0, 0.05) is 17.1 Å². The van der Waals surface area contributed by atoms with E-state index in [0.717, 1.165) is 35.0 Å². The molecule has 2 rings (SSSR count). The van der Waals surface area contributed by atoms with Gasteiger partial charge in [0.05, 0.1) is 10.9 Å². The zero-order valence-electron chi connectivity index (χ0n) is 9.69. The molecule has 1 heterocycles. The number of fused-ring (bicyclic) bond motifs is 1. The van der Waals surface area contributed by atoms with Gasteiger partial charge in [0.2, 0.25) is 5.91 Å². The van der Waals surface area contributed by atoms with Gasteiger partial charge in [-0.1, -0.05) is 0 Å². The Bertz CT molecular complexity index is 423. The second-order valence-corrected chi connectivity index (χ2v) is 5.79. The summed E-state index contributed by atoms with van der Waals surface area (Å²) < 4.78 is 0. The number of rotatable bonds is 4. The fourth-order valence-corrected chi connectivity index (χ4v) is 2.72. The fourth-order valence-electron chi connectivity index (χ4n) is 1.63. The van der Waals surface area contributed by atoms with E-state index < -0.39 is 0 Å². The summed E-state index contributed by atoms with van der Waals surface area (Å²) >= 11 is 5.77. The zero-order chi connectivity index (χ0) is 12.3. The number of benzene rings is 1. The van der Waals surface area contributed by atoms with Crippen molar-refractivity contribution in [1.82, 2.24) is 0 Å². The molecule has 1 aliphatic rings. The third kappa shape index (κ3) is 3.10. The maximum absolute atomic E-state index is 11.6. The minimum Gasteiger partial charge on any atom is -0.385 e. The molecule has 1 unspecified atom stereocenters. The number of thioether (sulfide) groups is 1. The number of hydrogen-bond donors (Lipinski definition) is 3. The Morgan fingerprint density at radius 3 is 3.12 bits per heavy atom. The van der Waals surface area contributed by atoms with E-state index >= 15 is 0 Å². The van der Waals surface area contributed by atoms with Crippen molar-refractivity contribution in [3.05, 3.63) is 18.2 Å². The maximum Gasteiger partial charge on any atom is 0.237 e. The van der Waals surface area contributed by atoms with E-state index in [4.69, 9.17) is 0 Å². The van der Waals surface area contributed by atoms with E-state index in [2.05, 4.69) is 35.4 Å². The molecule has 5 heteroatoms. The first-order chi connectivity index (χ1) is 8.20. The summed E-state index contributed by atoms with van der Waals surface area (Å²) in [6.45, 7) is 2.82. The van der Waals surface area contributed by atoms with Crippen LogP contribution in [0.2, 0.25) is 0 Å². The van der Waals surface area contributed by atoms with Crippen LogP contribution >= 0.6 is 24.4 Å². The molecule has 0 aliphatic carbocycles. The van der Waals surface area contributed by atoms with Crippen LogP contribution in [0.25, 0.3) is 0 Å². The van der Waals surface area contributed by atoms with Crippen molar-refractivity contribution >= 4 is 41.7 Å². The summed E-state index contributed by atoms with van der Waals surface area (Å²) in [5.74, 6) is 0.956. The van der Waals surface area contributed by atoms with Crippen LogP contribution in [0, 0.1) is 0 Å². The molecule has 1 aromatic rings. The van der Waals surface area contributed by atoms with Gasteiger partial charge in [-0.15, -0.1) is 11.8 Å². The standard InChI is InChI=1S/C12H16N2OS2/c1-8-12(15)14-10-7-9(13-5-2-6-16)3-4-11(10)17-8/h3-4,7-8,13,16H,2,5-6H2,1H3,(H,14,15). The van der Waals surface area contributed by atoms with Crippen LogP contribution in [0.4, 0.5) is 11.4 Å². The van der Waals surface area contributed by atoms with E-state index in [9.17, 15) is 4.79 Å². The minimum absolute atomic E-state index is 0.00880. The molecule has 2 N–H and O–H groups in total. The van der Waals surface area contributed by atoms with E-state index in [0.29, 0.717) is 0 Å². The van der Waals surface area contributed by atoms with Gasteiger partial charge in [0.1, 0.15) is 0 Å². The van der Waals surface area contributed by atoms with Crippen LogP contribution < -0.4 is 10.6 Å². The number of nitrogens with one attached hydrogen (secondary N) is 2. The molecule has 0 fully saturated rings. The monoisotopic (exact) mass is 268 g/mol. The van der Waals surface area contributed by atoms with Crippen LogP contribution in [-0.4, -0.2) is 23.5 Å². The van der Waals surface area contributed by atoms with Gasteiger partial charge >= 0.3 is 0 Å². The molecular weight excluding hydrogens is 252 g/mol. The first-order valence-corrected chi connectivity index (χ1v) is 7.18. The molecule has 0 spiro atoms. The molecule has 1 amide bonds. The molecule has 1 atom stereocenters. The molecule has 17 heavy (non-hydrogen) atoms. The van der Waals surface area contributed by atoms with Crippen molar-refractivity contribution in [3.8, 4) is 0 Å². The highest BCUT2D eigenvalue weighted by Crippen LogP contribution is 2.36. The van der Waals surface area contributed by atoms with Crippen LogP contribution in [-0.2, 0) is 4.79 Å². The van der Waals surface area contributed by atoms with Crippen molar-refractivity contribution < 1.29 is 4.79 Å². The summed E-state index contributed by atoms with van der Waals surface area (Å²) in [7, 11) is 0. The van der Waals surface area contributed by atoms with Gasteiger partial charge in [0.25, 0.3) is 0 Å². The lowest BCUT2D eigenvalue weighted by molar-refractivity contribution is -0.115. The van der Waals surface area contributed by atoms with Crippen molar-refractivity contribution in [1.29, 1.82) is 0 Å². The predicted octanol–water partition coefficient (Wildman–Crippen LogP) is 2.85. The van der Waals surface area contributed by atoms with Gasteiger partial charge in [-0.05, 0) is 37.3 Å². The van der Waals surface area contributed by atoms with Crippen molar-refractivity contribution in [2.24, 2.45) is 0 Å². The zero-order valence-corrected chi connectivity index (χ0v) is 11.4. The quantitative estimate of drug-likeness (QED) is 0.581. The Morgan fingerprint density at radius 1 is 1.53 bits per heavy atom. The smallest absolute Gasteiger partial charge is 0.237 e. The van der Waals surface area contributed by atoms with E-state index in [1.165, 1.54) is 0 Å². The average molecular weight is 268 g/mol. The van der Waals surface area contributed by atoms with Gasteiger partial charge in [0.15, 0.2) is 0 Å². The molecule has 1 aliphatic heterocycles. The normalized spacial score (nSPS) is 18.5. The highest BCUT2D eigenvalue weighted by Gasteiger charge is 2.22. The molecule has 0 bridgehead atoms. The first kappa shape index (κ1) is 12.6. The molecule has 1 aromatic carbocycles. The van der Waals surface area contributed by atoms with Gasteiger partial charge < -0.3 is 10.6 Å². The summed E-state index contributed by atoms with van der Waals surface area (Å²) in [6.07, 6.45) is 1.03. The Hall–Kier alpha value is -0.810. The number of carbonyl (C=O) groups excluding carboxylic acids is 1. The molecule has 0 aromatic heterocycles. The maximum atomic E-state index is 11.6. The first-order valence-electron chi connectivity index (χ1n) is 5.67. The van der Waals surface area contributed by atoms with Gasteiger partial charge in [-0.3, -0.25) is 4.79 Å². The van der Waals surface area contributed by atoms with E-state index in [-0.39, 0.29) is 11.2 Å². The van der Waals surface area contributed by atoms with Crippen molar-refractivity contribution in [3.63, 3.8) is 0 Å². The molecule has 0 saturated heterocycles. The summed E-state index contributed by atoms with van der Waals surface area (Å²) in [5, 5.41) is 6.23. The van der Waals surface area contributed by atoms with Crippen LogP contribution in [0.15, 0.2) is 23.1 Å². The molecule has 3 nitrogen and oxygen atoms in total. The fraction of sp³-hybridized carbons (Fsp3) is 0.417. The second-order valence-electron chi connectivity index (χ2n) is 3.96.